The highest BCUT2D eigenvalue weighted by atomic mass is 79.9. The molecule has 0 bridgehead atoms. The van der Waals surface area contributed by atoms with E-state index in [1.807, 2.05) is 6.92 Å². The Morgan fingerprint density at radius 2 is 2.00 bits per heavy atom. The molecule has 0 heterocycles. The molecule has 0 N–H and O–H groups in total. The van der Waals surface area contributed by atoms with Crippen LogP contribution in [-0.2, 0) is 9.74 Å². The molecule has 0 saturated carbocycles. The highest BCUT2D eigenvalue weighted by Gasteiger charge is 1.81. The van der Waals surface area contributed by atoms with Crippen molar-refractivity contribution in [3.63, 3.8) is 0 Å². The molecule has 50 valence electrons. The van der Waals surface area contributed by atoms with Gasteiger partial charge in [-0.15, -0.1) is 0 Å². The van der Waals surface area contributed by atoms with Gasteiger partial charge in [-0.05, 0) is 0 Å². The third kappa shape index (κ3) is 39.6. The predicted molar refractivity (Wildman–Crippen MR) is 32.3 cm³/mol. The molecule has 0 aromatic rings. The smallest absolute Gasteiger partial charge is 0.255 e. The molecular weight excluding hydrogens is 179 g/mol. The molecule has 0 aliphatic rings. The zero-order valence-corrected chi connectivity index (χ0v) is 6.37. The van der Waals surface area contributed by atoms with E-state index >= 15 is 0 Å². The summed E-state index contributed by atoms with van der Waals surface area (Å²) in [5, 5.41) is 1.06. The molecule has 8 heavy (non-hydrogen) atoms. The number of carbonyl (C=O) groups is 1. The third-order valence-corrected chi connectivity index (χ3v) is 0.109. The number of halogens is 2. The maximum absolute atomic E-state index is 10.3. The summed E-state index contributed by atoms with van der Waals surface area (Å²) in [5.74, 6) is -0.912. The van der Waals surface area contributed by atoms with Crippen molar-refractivity contribution in [3.05, 3.63) is 0 Å². The van der Waals surface area contributed by atoms with Gasteiger partial charge in [-0.1, -0.05) is 22.9 Å². The average molecular weight is 187 g/mol. The second-order valence-electron chi connectivity index (χ2n) is 0.836. The fourth-order valence-corrected chi connectivity index (χ4v) is 0. The van der Waals surface area contributed by atoms with Crippen LogP contribution in [0.2, 0.25) is 0 Å². The van der Waals surface area contributed by atoms with Crippen molar-refractivity contribution < 1.29 is 14.3 Å². The van der Waals surface area contributed by atoms with Crippen LogP contribution in [0.4, 0.5) is 4.53 Å². The Kier molecular flexibility index (Phi) is 13.5. The minimum atomic E-state index is -0.912. The second kappa shape index (κ2) is 9.99. The van der Waals surface area contributed by atoms with Crippen molar-refractivity contribution in [3.8, 4) is 0 Å². The van der Waals surface area contributed by atoms with E-state index in [0.717, 1.165) is 12.3 Å². The van der Waals surface area contributed by atoms with Gasteiger partial charge in [0.2, 0.25) is 0 Å². The highest BCUT2D eigenvalue weighted by Crippen LogP contribution is 1.69. The van der Waals surface area contributed by atoms with Gasteiger partial charge in [0.25, 0.3) is 0 Å². The highest BCUT2D eigenvalue weighted by molar-refractivity contribution is 9.09. The summed E-state index contributed by atoms with van der Waals surface area (Å²) in [5.41, 5.74) is 0. The maximum Gasteiger partial charge on any atom is 0.345 e. The van der Waals surface area contributed by atoms with Crippen molar-refractivity contribution in [2.75, 3.05) is 5.33 Å². The van der Waals surface area contributed by atoms with Crippen LogP contribution in [0, 0.1) is 0 Å². The molecule has 0 unspecified atom stereocenters. The van der Waals surface area contributed by atoms with Crippen molar-refractivity contribution in [1.29, 1.82) is 0 Å². The summed E-state index contributed by atoms with van der Waals surface area (Å²) in [6.45, 7) is 3.03. The second-order valence-corrected chi connectivity index (χ2v) is 1.96. The van der Waals surface area contributed by atoms with E-state index in [9.17, 15) is 9.32 Å². The SMILES string of the molecule is CC(=O)OF.CCBr. The lowest BCUT2D eigenvalue weighted by molar-refractivity contribution is -0.180. The third-order valence-electron chi connectivity index (χ3n) is 0.109. The van der Waals surface area contributed by atoms with Gasteiger partial charge >= 0.3 is 5.97 Å². The van der Waals surface area contributed by atoms with E-state index in [1.54, 1.807) is 0 Å². The number of hydrogen-bond donors (Lipinski definition) is 0. The molecule has 4 heteroatoms. The quantitative estimate of drug-likeness (QED) is 0.540. The summed E-state index contributed by atoms with van der Waals surface area (Å²) in [6, 6.07) is 0. The lowest BCUT2D eigenvalue weighted by Crippen LogP contribution is -1.83. The van der Waals surface area contributed by atoms with E-state index < -0.39 is 5.97 Å². The Hall–Kier alpha value is -0.120. The van der Waals surface area contributed by atoms with Gasteiger partial charge < -0.3 is 0 Å². The molecule has 0 aliphatic heterocycles. The van der Waals surface area contributed by atoms with Crippen LogP contribution >= 0.6 is 15.9 Å². The lowest BCUT2D eigenvalue weighted by Gasteiger charge is -1.71. The molecule has 0 amide bonds. The predicted octanol–water partition coefficient (Wildman–Crippen LogP) is 1.84. The first-order valence-corrected chi connectivity index (χ1v) is 3.16. The summed E-state index contributed by atoms with van der Waals surface area (Å²) in [7, 11) is 0. The molecule has 0 saturated heterocycles. The molecule has 0 fully saturated rings. The lowest BCUT2D eigenvalue weighted by atomic mass is 10.9. The van der Waals surface area contributed by atoms with Gasteiger partial charge in [-0.2, -0.15) is 0 Å². The average Bonchev–Trinajstić information content (AvgIpc) is 1.69. The normalized spacial score (nSPS) is 6.50. The van der Waals surface area contributed by atoms with Crippen LogP contribution < -0.4 is 0 Å². The van der Waals surface area contributed by atoms with Crippen LogP contribution in [-0.4, -0.2) is 11.3 Å². The van der Waals surface area contributed by atoms with Crippen molar-refractivity contribution in [1.82, 2.24) is 0 Å². The van der Waals surface area contributed by atoms with Crippen molar-refractivity contribution in [2.24, 2.45) is 0 Å². The first-order chi connectivity index (χ1) is 3.68. The summed E-state index contributed by atoms with van der Waals surface area (Å²) < 4.78 is 10.3. The Bertz CT molecular complexity index is 58.0. The minimum Gasteiger partial charge on any atom is -0.255 e. The first kappa shape index (κ1) is 10.8. The molecule has 0 aromatic carbocycles. The minimum absolute atomic E-state index is 0.912. The summed E-state index contributed by atoms with van der Waals surface area (Å²) >= 11 is 3.15. The fraction of sp³-hybridized carbons (Fsp3) is 0.750. The molecule has 0 aromatic heterocycles. The first-order valence-electron chi connectivity index (χ1n) is 2.04. The number of rotatable bonds is 0. The van der Waals surface area contributed by atoms with Crippen LogP contribution in [0.25, 0.3) is 0 Å². The van der Waals surface area contributed by atoms with Gasteiger partial charge in [-0.3, -0.25) is 4.94 Å². The molecular formula is C4H8BrFO2. The van der Waals surface area contributed by atoms with Gasteiger partial charge in [-0.25, -0.2) is 4.79 Å². The molecule has 0 spiro atoms. The Morgan fingerprint density at radius 1 is 1.88 bits per heavy atom. The van der Waals surface area contributed by atoms with Gasteiger partial charge in [0, 0.05) is 16.8 Å². The van der Waals surface area contributed by atoms with E-state index in [1.165, 1.54) is 0 Å². The van der Waals surface area contributed by atoms with Crippen LogP contribution in [0.15, 0.2) is 0 Å². The monoisotopic (exact) mass is 186 g/mol. The fourth-order valence-electron chi connectivity index (χ4n) is 0. The largest absolute Gasteiger partial charge is 0.345 e. The van der Waals surface area contributed by atoms with Crippen LogP contribution in [0.5, 0.6) is 0 Å². The summed E-state index contributed by atoms with van der Waals surface area (Å²) in [6.07, 6.45) is 0. The molecule has 0 rings (SSSR count). The zero-order valence-electron chi connectivity index (χ0n) is 4.78. The number of alkyl halides is 1. The van der Waals surface area contributed by atoms with Crippen molar-refractivity contribution >= 4 is 21.9 Å². The Morgan fingerprint density at radius 3 is 2.00 bits per heavy atom. The number of carbonyl (C=O) groups excluding carboxylic acids is 1. The zero-order chi connectivity index (χ0) is 6.99. The van der Waals surface area contributed by atoms with Gasteiger partial charge in [0.05, 0.1) is 0 Å². The maximum atomic E-state index is 10.3. The topological polar surface area (TPSA) is 26.3 Å². The van der Waals surface area contributed by atoms with E-state index in [4.69, 9.17) is 0 Å². The molecule has 0 radical (unpaired) electrons. The van der Waals surface area contributed by atoms with Gasteiger partial charge in [0.15, 0.2) is 0 Å². The van der Waals surface area contributed by atoms with Crippen LogP contribution in [0.3, 0.4) is 0 Å². The Labute approximate surface area is 56.0 Å². The number of hydrogen-bond acceptors (Lipinski definition) is 2. The van der Waals surface area contributed by atoms with E-state index in [2.05, 4.69) is 20.9 Å². The molecule has 0 aliphatic carbocycles. The van der Waals surface area contributed by atoms with Crippen molar-refractivity contribution in [2.45, 2.75) is 13.8 Å². The molecule has 2 nitrogen and oxygen atoms in total. The standard InChI is InChI=1S/C2H5Br.C2H3FO2/c1-2-3;1-2(4)5-3/h2H2,1H3;1H3. The van der Waals surface area contributed by atoms with E-state index in [0.29, 0.717) is 0 Å². The van der Waals surface area contributed by atoms with Crippen LogP contribution in [0.1, 0.15) is 13.8 Å². The molecule has 0 atom stereocenters. The summed E-state index contributed by atoms with van der Waals surface area (Å²) in [4.78, 5) is 11.8. The van der Waals surface area contributed by atoms with Gasteiger partial charge in [0.1, 0.15) is 0 Å². The Balaban J connectivity index is 0. The van der Waals surface area contributed by atoms with E-state index in [-0.39, 0.29) is 0 Å².